The normalized spacial score (nSPS) is 21.3. The number of halogens is 4. The zero-order chi connectivity index (χ0) is 21.0. The number of hydrogen-bond donors (Lipinski definition) is 2. The van der Waals surface area contributed by atoms with Crippen molar-refractivity contribution in [1.29, 1.82) is 0 Å². The summed E-state index contributed by atoms with van der Waals surface area (Å²) in [4.78, 5) is 17.0. The third-order valence-electron chi connectivity index (χ3n) is 5.84. The van der Waals surface area contributed by atoms with Crippen LogP contribution in [0.25, 0.3) is 10.9 Å². The topological polar surface area (TPSA) is 59.0 Å². The summed E-state index contributed by atoms with van der Waals surface area (Å²) in [6.45, 7) is 0.977. The van der Waals surface area contributed by atoms with Crippen LogP contribution in [-0.2, 0) is 5.54 Å². The Balaban J connectivity index is 1.64. The first-order chi connectivity index (χ1) is 14.4. The fourth-order valence-electron chi connectivity index (χ4n) is 4.21. The molecule has 3 aromatic rings. The van der Waals surface area contributed by atoms with Gasteiger partial charge in [-0.1, -0.05) is 23.2 Å². The minimum absolute atomic E-state index is 0.0213. The van der Waals surface area contributed by atoms with Gasteiger partial charge in [0.2, 0.25) is 0 Å². The van der Waals surface area contributed by atoms with Crippen LogP contribution >= 0.6 is 23.2 Å². The summed E-state index contributed by atoms with van der Waals surface area (Å²) >= 11 is 12.5. The molecule has 5 nitrogen and oxygen atoms in total. The molecule has 2 N–H and O–H groups in total. The van der Waals surface area contributed by atoms with Gasteiger partial charge in [0.15, 0.2) is 5.82 Å². The van der Waals surface area contributed by atoms with Crippen LogP contribution in [0.15, 0.2) is 35.4 Å². The molecular formula is C21H18Cl2F2N4O. The molecule has 1 aliphatic carbocycles. The van der Waals surface area contributed by atoms with Gasteiger partial charge in [-0.05, 0) is 50.1 Å². The molecule has 0 amide bonds. The highest BCUT2D eigenvalue weighted by molar-refractivity contribution is 6.42. The van der Waals surface area contributed by atoms with Gasteiger partial charge in [0, 0.05) is 23.8 Å². The highest BCUT2D eigenvalue weighted by Gasteiger charge is 2.40. The third-order valence-corrected chi connectivity index (χ3v) is 6.65. The second-order valence-corrected chi connectivity index (χ2v) is 8.68. The van der Waals surface area contributed by atoms with Crippen molar-refractivity contribution in [2.75, 3.05) is 18.4 Å². The maximum atomic E-state index is 14.8. The Morgan fingerprint density at radius 1 is 1.20 bits per heavy atom. The average molecular weight is 451 g/mol. The molecule has 30 heavy (non-hydrogen) atoms. The van der Waals surface area contributed by atoms with Crippen molar-refractivity contribution in [3.63, 3.8) is 0 Å². The number of nitrogens with zero attached hydrogens (tertiary/aromatic N) is 2. The molecule has 0 bridgehead atoms. The van der Waals surface area contributed by atoms with E-state index in [1.165, 1.54) is 24.5 Å². The fourth-order valence-corrected chi connectivity index (χ4v) is 4.70. The van der Waals surface area contributed by atoms with Crippen LogP contribution in [0, 0.1) is 11.6 Å². The Hall–Kier alpha value is -2.22. The van der Waals surface area contributed by atoms with E-state index in [1.54, 1.807) is 10.6 Å². The summed E-state index contributed by atoms with van der Waals surface area (Å²) in [6, 6.07) is 5.64. The van der Waals surface area contributed by atoms with Crippen molar-refractivity contribution < 1.29 is 8.78 Å². The SMILES string of the molecule is O=c1c2cc(N[C@@]3(c4c(F)ccc(Cl)c4Cl)CCNC3)cc(F)c2ncn1C1CC1. The van der Waals surface area contributed by atoms with Gasteiger partial charge < -0.3 is 10.6 Å². The molecule has 2 aliphatic rings. The molecule has 2 fully saturated rings. The van der Waals surface area contributed by atoms with Gasteiger partial charge in [-0.3, -0.25) is 9.36 Å². The molecule has 2 aromatic carbocycles. The maximum absolute atomic E-state index is 14.8. The quantitative estimate of drug-likeness (QED) is 0.569. The lowest BCUT2D eigenvalue weighted by Gasteiger charge is -2.33. The number of nitrogens with one attached hydrogen (secondary N) is 2. The fraction of sp³-hybridized carbons (Fsp3) is 0.333. The van der Waals surface area contributed by atoms with E-state index >= 15 is 0 Å². The van der Waals surface area contributed by atoms with Crippen LogP contribution in [0.5, 0.6) is 0 Å². The predicted molar refractivity (Wildman–Crippen MR) is 113 cm³/mol. The highest BCUT2D eigenvalue weighted by atomic mass is 35.5. The van der Waals surface area contributed by atoms with E-state index < -0.39 is 17.2 Å². The zero-order valence-corrected chi connectivity index (χ0v) is 17.3. The molecule has 5 rings (SSSR count). The molecule has 0 spiro atoms. The number of rotatable bonds is 4. The number of fused-ring (bicyclic) bond motifs is 1. The standard InChI is InChI=1S/C21H18Cl2F2N4O/c22-14-3-4-15(24)17(18(14)23)21(5-6-26-9-21)28-11-7-13-19(16(25)8-11)27-10-29(20(13)30)12-1-2-12/h3-4,7-8,10,12,26,28H,1-2,5-6,9H2/t21-/m0/s1. The van der Waals surface area contributed by atoms with Gasteiger partial charge in [-0.25, -0.2) is 13.8 Å². The second-order valence-electron chi connectivity index (χ2n) is 7.89. The van der Waals surface area contributed by atoms with Crippen LogP contribution in [0.2, 0.25) is 10.0 Å². The molecule has 1 atom stereocenters. The molecule has 1 aromatic heterocycles. The summed E-state index contributed by atoms with van der Waals surface area (Å²) in [6.07, 6.45) is 3.73. The van der Waals surface area contributed by atoms with E-state index in [2.05, 4.69) is 15.6 Å². The lowest BCUT2D eigenvalue weighted by Crippen LogP contribution is -2.39. The van der Waals surface area contributed by atoms with Gasteiger partial charge >= 0.3 is 0 Å². The largest absolute Gasteiger partial charge is 0.374 e. The van der Waals surface area contributed by atoms with Crippen molar-refractivity contribution in [2.45, 2.75) is 30.8 Å². The average Bonchev–Trinajstić information content (AvgIpc) is 3.45. The Morgan fingerprint density at radius 2 is 2.00 bits per heavy atom. The van der Waals surface area contributed by atoms with Crippen molar-refractivity contribution >= 4 is 39.8 Å². The van der Waals surface area contributed by atoms with Crippen molar-refractivity contribution in [1.82, 2.24) is 14.9 Å². The first-order valence-electron chi connectivity index (χ1n) is 9.73. The molecule has 0 radical (unpaired) electrons. The van der Waals surface area contributed by atoms with Gasteiger partial charge in [-0.15, -0.1) is 0 Å². The van der Waals surface area contributed by atoms with Crippen LogP contribution in [0.3, 0.4) is 0 Å². The van der Waals surface area contributed by atoms with Crippen molar-refractivity contribution in [2.24, 2.45) is 0 Å². The first kappa shape index (κ1) is 19.7. The second kappa shape index (κ2) is 7.18. The lowest BCUT2D eigenvalue weighted by atomic mass is 9.87. The first-order valence-corrected chi connectivity index (χ1v) is 10.5. The number of hydrogen-bond acceptors (Lipinski definition) is 4. The third kappa shape index (κ3) is 3.16. The molecule has 2 heterocycles. The monoisotopic (exact) mass is 450 g/mol. The van der Waals surface area contributed by atoms with Gasteiger partial charge in [0.05, 0.1) is 27.3 Å². The van der Waals surface area contributed by atoms with E-state index in [0.717, 1.165) is 12.8 Å². The molecule has 9 heteroatoms. The van der Waals surface area contributed by atoms with Gasteiger partial charge in [-0.2, -0.15) is 0 Å². The minimum Gasteiger partial charge on any atom is -0.374 e. The van der Waals surface area contributed by atoms with Gasteiger partial charge in [0.25, 0.3) is 5.56 Å². The van der Waals surface area contributed by atoms with E-state index in [-0.39, 0.29) is 38.1 Å². The number of aromatic nitrogens is 2. The Bertz CT molecular complexity index is 1220. The Kier molecular flexibility index (Phi) is 4.72. The van der Waals surface area contributed by atoms with E-state index in [9.17, 15) is 13.6 Å². The summed E-state index contributed by atoms with van der Waals surface area (Å²) < 4.78 is 31.2. The lowest BCUT2D eigenvalue weighted by molar-refractivity contribution is 0.495. The molecule has 1 saturated heterocycles. The van der Waals surface area contributed by atoms with E-state index in [1.807, 2.05) is 0 Å². The summed E-state index contributed by atoms with van der Waals surface area (Å²) in [5, 5.41) is 6.98. The van der Waals surface area contributed by atoms with Crippen LogP contribution in [-0.4, -0.2) is 22.6 Å². The molecule has 0 unspecified atom stereocenters. The van der Waals surface area contributed by atoms with Crippen molar-refractivity contribution in [3.8, 4) is 0 Å². The zero-order valence-electron chi connectivity index (χ0n) is 15.8. The molecule has 1 saturated carbocycles. The Labute approximate surface area is 181 Å². The Morgan fingerprint density at radius 3 is 2.70 bits per heavy atom. The number of benzene rings is 2. The van der Waals surface area contributed by atoms with E-state index in [0.29, 0.717) is 25.2 Å². The smallest absolute Gasteiger partial charge is 0.261 e. The van der Waals surface area contributed by atoms with Crippen LogP contribution in [0.1, 0.15) is 30.9 Å². The van der Waals surface area contributed by atoms with E-state index in [4.69, 9.17) is 23.2 Å². The predicted octanol–water partition coefficient (Wildman–Crippen LogP) is 4.62. The van der Waals surface area contributed by atoms with Crippen molar-refractivity contribution in [3.05, 3.63) is 68.2 Å². The van der Waals surface area contributed by atoms with Crippen LogP contribution in [0.4, 0.5) is 14.5 Å². The summed E-state index contributed by atoms with van der Waals surface area (Å²) in [5.74, 6) is -1.12. The highest BCUT2D eigenvalue weighted by Crippen LogP contribution is 2.41. The maximum Gasteiger partial charge on any atom is 0.261 e. The molecule has 1 aliphatic heterocycles. The van der Waals surface area contributed by atoms with Gasteiger partial charge in [0.1, 0.15) is 11.3 Å². The molecular weight excluding hydrogens is 433 g/mol. The molecule has 156 valence electrons. The van der Waals surface area contributed by atoms with Crippen LogP contribution < -0.4 is 16.2 Å². The summed E-state index contributed by atoms with van der Waals surface area (Å²) in [5.41, 5.74) is -0.622. The minimum atomic E-state index is -0.941. The summed E-state index contributed by atoms with van der Waals surface area (Å²) in [7, 11) is 0. The number of anilines is 1.